The zero-order valence-corrected chi connectivity index (χ0v) is 14.2. The number of carbonyl (C=O) groups is 1. The van der Waals surface area contributed by atoms with Crippen molar-refractivity contribution in [3.05, 3.63) is 0 Å². The lowest BCUT2D eigenvalue weighted by Crippen LogP contribution is -2.14. The standard InChI is InChI=1S/C18H36O3/c1-3-4-5-6-7-8-9-10-11-12-13-14-18(20)21-16-17(2)15-19/h17,19H,3-16H2,1-2H3/t17-/m0/s1. The monoisotopic (exact) mass is 300 g/mol. The van der Waals surface area contributed by atoms with Crippen LogP contribution >= 0.6 is 0 Å². The maximum absolute atomic E-state index is 11.4. The van der Waals surface area contributed by atoms with E-state index >= 15 is 0 Å². The molecule has 0 saturated carbocycles. The van der Waals surface area contributed by atoms with E-state index in [1.165, 1.54) is 57.8 Å². The van der Waals surface area contributed by atoms with E-state index in [-0.39, 0.29) is 18.5 Å². The Kier molecular flexibility index (Phi) is 15.4. The first kappa shape index (κ1) is 20.4. The molecule has 1 N–H and O–H groups in total. The van der Waals surface area contributed by atoms with Gasteiger partial charge in [0.15, 0.2) is 0 Å². The third-order valence-corrected chi connectivity index (χ3v) is 3.82. The lowest BCUT2D eigenvalue weighted by Gasteiger charge is -2.08. The molecule has 0 aliphatic heterocycles. The van der Waals surface area contributed by atoms with E-state index < -0.39 is 0 Å². The van der Waals surface area contributed by atoms with Crippen LogP contribution in [-0.2, 0) is 9.53 Å². The van der Waals surface area contributed by atoms with Crippen molar-refractivity contribution in [3.63, 3.8) is 0 Å². The number of rotatable bonds is 15. The summed E-state index contributed by atoms with van der Waals surface area (Å²) in [7, 11) is 0. The molecule has 0 unspecified atom stereocenters. The molecule has 126 valence electrons. The van der Waals surface area contributed by atoms with E-state index in [0.717, 1.165) is 12.8 Å². The molecular formula is C18H36O3. The second-order valence-electron chi connectivity index (χ2n) is 6.26. The summed E-state index contributed by atoms with van der Waals surface area (Å²) in [5.41, 5.74) is 0. The average molecular weight is 300 g/mol. The van der Waals surface area contributed by atoms with Gasteiger partial charge in [0.2, 0.25) is 0 Å². The molecule has 3 heteroatoms. The van der Waals surface area contributed by atoms with Crippen molar-refractivity contribution in [2.24, 2.45) is 5.92 Å². The summed E-state index contributed by atoms with van der Waals surface area (Å²) in [5, 5.41) is 8.83. The molecule has 0 aromatic heterocycles. The van der Waals surface area contributed by atoms with E-state index in [9.17, 15) is 4.79 Å². The lowest BCUT2D eigenvalue weighted by molar-refractivity contribution is -0.145. The quantitative estimate of drug-likeness (QED) is 0.347. The summed E-state index contributed by atoms with van der Waals surface area (Å²) in [5.74, 6) is -0.0718. The molecule has 0 aliphatic carbocycles. The molecule has 0 aromatic carbocycles. The second-order valence-corrected chi connectivity index (χ2v) is 6.26. The Labute approximate surface area is 131 Å². The number of carbonyl (C=O) groups excluding carboxylic acids is 1. The molecule has 0 radical (unpaired) electrons. The summed E-state index contributed by atoms with van der Waals surface area (Å²) in [6.45, 7) is 4.54. The summed E-state index contributed by atoms with van der Waals surface area (Å²) < 4.78 is 5.09. The van der Waals surface area contributed by atoms with E-state index in [0.29, 0.717) is 13.0 Å². The Hall–Kier alpha value is -0.570. The zero-order valence-electron chi connectivity index (χ0n) is 14.2. The largest absolute Gasteiger partial charge is 0.465 e. The van der Waals surface area contributed by atoms with Crippen molar-refractivity contribution in [3.8, 4) is 0 Å². The van der Waals surface area contributed by atoms with E-state index in [2.05, 4.69) is 6.92 Å². The van der Waals surface area contributed by atoms with Gasteiger partial charge in [-0.25, -0.2) is 0 Å². The van der Waals surface area contributed by atoms with Crippen LogP contribution in [0.15, 0.2) is 0 Å². The molecule has 0 bridgehead atoms. The van der Waals surface area contributed by atoms with Gasteiger partial charge in [-0.05, 0) is 6.42 Å². The summed E-state index contributed by atoms with van der Waals surface area (Å²) in [4.78, 5) is 11.4. The molecule has 0 fully saturated rings. The third kappa shape index (κ3) is 15.6. The van der Waals surface area contributed by atoms with Gasteiger partial charge in [-0.2, -0.15) is 0 Å². The van der Waals surface area contributed by atoms with Crippen molar-refractivity contribution in [1.82, 2.24) is 0 Å². The van der Waals surface area contributed by atoms with E-state index in [1.807, 2.05) is 6.92 Å². The number of hydrogen-bond acceptors (Lipinski definition) is 3. The third-order valence-electron chi connectivity index (χ3n) is 3.82. The molecule has 0 heterocycles. The maximum Gasteiger partial charge on any atom is 0.305 e. The minimum atomic E-state index is -0.119. The number of esters is 1. The Morgan fingerprint density at radius 2 is 1.38 bits per heavy atom. The average Bonchev–Trinajstić information content (AvgIpc) is 2.50. The van der Waals surface area contributed by atoms with Gasteiger partial charge in [0.1, 0.15) is 0 Å². The summed E-state index contributed by atoms with van der Waals surface area (Å²) in [6.07, 6.45) is 14.7. The number of ether oxygens (including phenoxy) is 1. The van der Waals surface area contributed by atoms with Gasteiger partial charge in [0, 0.05) is 18.9 Å². The lowest BCUT2D eigenvalue weighted by atomic mass is 10.1. The normalized spacial score (nSPS) is 12.3. The van der Waals surface area contributed by atoms with Gasteiger partial charge < -0.3 is 9.84 Å². The summed E-state index contributed by atoms with van der Waals surface area (Å²) in [6, 6.07) is 0. The van der Waals surface area contributed by atoms with Crippen LogP contribution in [-0.4, -0.2) is 24.3 Å². The maximum atomic E-state index is 11.4. The van der Waals surface area contributed by atoms with Crippen LogP contribution in [0.25, 0.3) is 0 Å². The molecule has 0 rings (SSSR count). The van der Waals surface area contributed by atoms with Gasteiger partial charge in [0.25, 0.3) is 0 Å². The molecule has 21 heavy (non-hydrogen) atoms. The Morgan fingerprint density at radius 1 is 0.905 bits per heavy atom. The predicted octanol–water partition coefficient (Wildman–Crippen LogP) is 4.86. The van der Waals surface area contributed by atoms with Gasteiger partial charge >= 0.3 is 5.97 Å². The van der Waals surface area contributed by atoms with Gasteiger partial charge in [-0.1, -0.05) is 78.1 Å². The van der Waals surface area contributed by atoms with Crippen molar-refractivity contribution in [2.75, 3.05) is 13.2 Å². The first-order valence-corrected chi connectivity index (χ1v) is 8.97. The van der Waals surface area contributed by atoms with E-state index in [1.54, 1.807) is 0 Å². The van der Waals surface area contributed by atoms with Crippen molar-refractivity contribution in [1.29, 1.82) is 0 Å². The fraction of sp³-hybridized carbons (Fsp3) is 0.944. The minimum Gasteiger partial charge on any atom is -0.465 e. The molecule has 0 amide bonds. The fourth-order valence-corrected chi connectivity index (χ4v) is 2.29. The number of aliphatic hydroxyl groups excluding tert-OH is 1. The molecular weight excluding hydrogens is 264 g/mol. The number of aliphatic hydroxyl groups is 1. The Balaban J connectivity index is 3.16. The molecule has 3 nitrogen and oxygen atoms in total. The molecule has 0 spiro atoms. The minimum absolute atomic E-state index is 0.0475. The van der Waals surface area contributed by atoms with E-state index in [4.69, 9.17) is 9.84 Å². The van der Waals surface area contributed by atoms with Crippen molar-refractivity contribution < 1.29 is 14.6 Å². The first-order chi connectivity index (χ1) is 10.2. The number of hydrogen-bond donors (Lipinski definition) is 1. The van der Waals surface area contributed by atoms with Crippen molar-refractivity contribution in [2.45, 2.75) is 90.9 Å². The van der Waals surface area contributed by atoms with Crippen LogP contribution in [0.3, 0.4) is 0 Å². The van der Waals surface area contributed by atoms with Gasteiger partial charge in [-0.3, -0.25) is 4.79 Å². The molecule has 0 aromatic rings. The highest BCUT2D eigenvalue weighted by Gasteiger charge is 2.06. The van der Waals surface area contributed by atoms with Crippen LogP contribution in [0.5, 0.6) is 0 Å². The molecule has 0 aliphatic rings. The van der Waals surface area contributed by atoms with Crippen LogP contribution in [0.4, 0.5) is 0 Å². The van der Waals surface area contributed by atoms with Gasteiger partial charge in [0.05, 0.1) is 6.61 Å². The van der Waals surface area contributed by atoms with Crippen LogP contribution < -0.4 is 0 Å². The smallest absolute Gasteiger partial charge is 0.305 e. The molecule has 1 atom stereocenters. The highest BCUT2D eigenvalue weighted by Crippen LogP contribution is 2.12. The fourth-order valence-electron chi connectivity index (χ4n) is 2.29. The van der Waals surface area contributed by atoms with Crippen LogP contribution in [0.1, 0.15) is 90.9 Å². The van der Waals surface area contributed by atoms with Crippen molar-refractivity contribution >= 4 is 5.97 Å². The topological polar surface area (TPSA) is 46.5 Å². The predicted molar refractivity (Wildman–Crippen MR) is 88.3 cm³/mol. The molecule has 0 saturated heterocycles. The first-order valence-electron chi connectivity index (χ1n) is 8.97. The van der Waals surface area contributed by atoms with Crippen LogP contribution in [0, 0.1) is 5.92 Å². The second kappa shape index (κ2) is 15.8. The highest BCUT2D eigenvalue weighted by atomic mass is 16.5. The zero-order chi connectivity index (χ0) is 15.8. The van der Waals surface area contributed by atoms with Crippen LogP contribution in [0.2, 0.25) is 0 Å². The Morgan fingerprint density at radius 3 is 1.86 bits per heavy atom. The van der Waals surface area contributed by atoms with Gasteiger partial charge in [-0.15, -0.1) is 0 Å². The summed E-state index contributed by atoms with van der Waals surface area (Å²) >= 11 is 0. The number of unbranched alkanes of at least 4 members (excludes halogenated alkanes) is 10. The SMILES string of the molecule is CCCCCCCCCCCCCC(=O)OC[C@@H](C)CO. The Bertz CT molecular complexity index is 229. The highest BCUT2D eigenvalue weighted by molar-refractivity contribution is 5.69.